The lowest BCUT2D eigenvalue weighted by molar-refractivity contribution is -0.143. The molecule has 0 aliphatic heterocycles. The van der Waals surface area contributed by atoms with Gasteiger partial charge in [-0.05, 0) is 98.0 Å². The Morgan fingerprint density at radius 2 is 2.00 bits per heavy atom. The van der Waals surface area contributed by atoms with E-state index < -0.39 is 0 Å². The van der Waals surface area contributed by atoms with E-state index in [-0.39, 0.29) is 11.4 Å². The quantitative estimate of drug-likeness (QED) is 0.576. The van der Waals surface area contributed by atoms with E-state index in [2.05, 4.69) is 26.0 Å². The molecule has 3 heteroatoms. The van der Waals surface area contributed by atoms with E-state index in [0.717, 1.165) is 37.5 Å². The van der Waals surface area contributed by atoms with Gasteiger partial charge >= 0.3 is 5.97 Å². The SMILES string of the molecule is CCOC(=O)CCC[C@H]1CCC2C3C=CC4=CC(=O)CC[C@]4(C)C3CCC21C. The van der Waals surface area contributed by atoms with Gasteiger partial charge in [0, 0.05) is 12.8 Å². The molecule has 4 unspecified atom stereocenters. The maximum Gasteiger partial charge on any atom is 0.305 e. The summed E-state index contributed by atoms with van der Waals surface area (Å²) in [7, 11) is 0. The second-order valence-electron chi connectivity index (χ2n) is 10.1. The number of rotatable bonds is 5. The van der Waals surface area contributed by atoms with Gasteiger partial charge in [-0.3, -0.25) is 9.59 Å². The summed E-state index contributed by atoms with van der Waals surface area (Å²) in [5.41, 5.74) is 1.89. The number of esters is 1. The van der Waals surface area contributed by atoms with E-state index in [9.17, 15) is 9.59 Å². The summed E-state index contributed by atoms with van der Waals surface area (Å²) in [6.45, 7) is 7.31. The molecule has 4 rings (SSSR count). The van der Waals surface area contributed by atoms with Crippen molar-refractivity contribution in [2.45, 2.75) is 78.6 Å². The van der Waals surface area contributed by atoms with E-state index in [0.29, 0.717) is 36.1 Å². The average molecular weight is 385 g/mol. The topological polar surface area (TPSA) is 43.4 Å². The highest BCUT2D eigenvalue weighted by Gasteiger charge is 2.57. The molecule has 6 atom stereocenters. The minimum absolute atomic E-state index is 0.0415. The van der Waals surface area contributed by atoms with Crippen LogP contribution in [0, 0.1) is 34.5 Å². The van der Waals surface area contributed by atoms with Gasteiger partial charge in [-0.2, -0.15) is 0 Å². The Bertz CT molecular complexity index is 705. The summed E-state index contributed by atoms with van der Waals surface area (Å²) in [4.78, 5) is 23.6. The summed E-state index contributed by atoms with van der Waals surface area (Å²) in [6, 6.07) is 0. The molecule has 0 aromatic carbocycles. The molecule has 4 aliphatic rings. The standard InChI is InChI=1S/C25H36O3/c1-4-28-23(27)7-5-6-17-9-11-21-20-10-8-18-16-19(26)12-14-25(18,3)22(20)13-15-24(17,21)2/h8,10,16-17,20-22H,4-7,9,11-15H2,1-3H3/t17-,20?,21?,22?,24?,25-/m0/s1. The van der Waals surface area contributed by atoms with Crippen LogP contribution in [0.5, 0.6) is 0 Å². The number of hydrogen-bond donors (Lipinski definition) is 0. The number of allylic oxidation sites excluding steroid dienone is 4. The average Bonchev–Trinajstić information content (AvgIpc) is 2.99. The fourth-order valence-corrected chi connectivity index (χ4v) is 7.31. The number of hydrogen-bond acceptors (Lipinski definition) is 3. The van der Waals surface area contributed by atoms with Crippen molar-refractivity contribution >= 4 is 11.8 Å². The third kappa shape index (κ3) is 3.19. The minimum atomic E-state index is -0.0415. The summed E-state index contributed by atoms with van der Waals surface area (Å²) < 4.78 is 5.10. The van der Waals surface area contributed by atoms with E-state index in [1.54, 1.807) is 0 Å². The van der Waals surface area contributed by atoms with Crippen LogP contribution in [-0.2, 0) is 14.3 Å². The molecule has 0 aromatic heterocycles. The first kappa shape index (κ1) is 19.9. The van der Waals surface area contributed by atoms with Gasteiger partial charge in [0.1, 0.15) is 0 Å². The van der Waals surface area contributed by atoms with Crippen LogP contribution < -0.4 is 0 Å². The Balaban J connectivity index is 1.48. The lowest BCUT2D eigenvalue weighted by Gasteiger charge is -2.56. The maximum atomic E-state index is 11.9. The van der Waals surface area contributed by atoms with Crippen molar-refractivity contribution in [2.24, 2.45) is 34.5 Å². The van der Waals surface area contributed by atoms with Gasteiger partial charge in [-0.15, -0.1) is 0 Å². The lowest BCUT2D eigenvalue weighted by Crippen LogP contribution is -2.48. The Hall–Kier alpha value is -1.38. The van der Waals surface area contributed by atoms with Crippen molar-refractivity contribution in [3.63, 3.8) is 0 Å². The van der Waals surface area contributed by atoms with Crippen LogP contribution in [0.3, 0.4) is 0 Å². The second-order valence-corrected chi connectivity index (χ2v) is 10.1. The first-order chi connectivity index (χ1) is 13.4. The molecular weight excluding hydrogens is 348 g/mol. The molecule has 0 spiro atoms. The third-order valence-electron chi connectivity index (χ3n) is 8.95. The fraction of sp³-hybridized carbons (Fsp3) is 0.760. The summed E-state index contributed by atoms with van der Waals surface area (Å²) in [5, 5.41) is 0. The van der Waals surface area contributed by atoms with Crippen molar-refractivity contribution in [3.05, 3.63) is 23.8 Å². The van der Waals surface area contributed by atoms with Crippen LogP contribution >= 0.6 is 0 Å². The van der Waals surface area contributed by atoms with Crippen LogP contribution in [-0.4, -0.2) is 18.4 Å². The highest BCUT2D eigenvalue weighted by molar-refractivity contribution is 5.92. The molecular formula is C25H36O3. The zero-order valence-corrected chi connectivity index (χ0v) is 17.8. The van der Waals surface area contributed by atoms with Crippen molar-refractivity contribution in [1.29, 1.82) is 0 Å². The van der Waals surface area contributed by atoms with Gasteiger partial charge in [0.25, 0.3) is 0 Å². The second kappa shape index (κ2) is 7.46. The molecule has 154 valence electrons. The number of ether oxygens (including phenoxy) is 1. The van der Waals surface area contributed by atoms with Gasteiger partial charge in [-0.25, -0.2) is 0 Å². The Morgan fingerprint density at radius 3 is 2.79 bits per heavy atom. The highest BCUT2D eigenvalue weighted by atomic mass is 16.5. The normalized spacial score (nSPS) is 41.7. The molecule has 0 bridgehead atoms. The summed E-state index contributed by atoms with van der Waals surface area (Å²) >= 11 is 0. The zero-order chi connectivity index (χ0) is 19.9. The Labute approximate surface area is 170 Å². The monoisotopic (exact) mass is 384 g/mol. The third-order valence-corrected chi connectivity index (χ3v) is 8.95. The van der Waals surface area contributed by atoms with E-state index >= 15 is 0 Å². The molecule has 0 saturated heterocycles. The molecule has 0 amide bonds. The van der Waals surface area contributed by atoms with Crippen molar-refractivity contribution in [1.82, 2.24) is 0 Å². The number of ketones is 1. The van der Waals surface area contributed by atoms with Crippen molar-refractivity contribution < 1.29 is 14.3 Å². The largest absolute Gasteiger partial charge is 0.466 e. The van der Waals surface area contributed by atoms with E-state index in [1.165, 1.54) is 31.3 Å². The highest BCUT2D eigenvalue weighted by Crippen LogP contribution is 2.65. The van der Waals surface area contributed by atoms with Crippen LogP contribution in [0.2, 0.25) is 0 Å². The molecule has 0 heterocycles. The van der Waals surface area contributed by atoms with Gasteiger partial charge in [0.05, 0.1) is 6.61 Å². The molecule has 0 N–H and O–H groups in total. The predicted octanol–water partition coefficient (Wildman–Crippen LogP) is 5.64. The maximum absolute atomic E-state index is 11.9. The number of carbonyl (C=O) groups excluding carboxylic acids is 2. The Kier molecular flexibility index (Phi) is 5.31. The molecule has 0 aromatic rings. The summed E-state index contributed by atoms with van der Waals surface area (Å²) in [5.74, 6) is 3.10. The molecule has 2 saturated carbocycles. The molecule has 4 aliphatic carbocycles. The number of carbonyl (C=O) groups is 2. The predicted molar refractivity (Wildman–Crippen MR) is 111 cm³/mol. The Morgan fingerprint density at radius 1 is 1.18 bits per heavy atom. The van der Waals surface area contributed by atoms with E-state index in [1.807, 2.05) is 13.0 Å². The molecule has 2 fully saturated rings. The smallest absolute Gasteiger partial charge is 0.305 e. The molecule has 28 heavy (non-hydrogen) atoms. The van der Waals surface area contributed by atoms with Gasteiger partial charge in [0.15, 0.2) is 5.78 Å². The first-order valence-electron chi connectivity index (χ1n) is 11.5. The summed E-state index contributed by atoms with van der Waals surface area (Å²) in [6.07, 6.45) is 16.3. The van der Waals surface area contributed by atoms with Crippen molar-refractivity contribution in [2.75, 3.05) is 6.61 Å². The van der Waals surface area contributed by atoms with Crippen LogP contribution in [0.15, 0.2) is 23.8 Å². The zero-order valence-electron chi connectivity index (χ0n) is 17.8. The fourth-order valence-electron chi connectivity index (χ4n) is 7.31. The first-order valence-corrected chi connectivity index (χ1v) is 11.5. The van der Waals surface area contributed by atoms with Gasteiger partial charge in [0.2, 0.25) is 0 Å². The van der Waals surface area contributed by atoms with Gasteiger partial charge < -0.3 is 4.74 Å². The molecule has 3 nitrogen and oxygen atoms in total. The van der Waals surface area contributed by atoms with Crippen LogP contribution in [0.1, 0.15) is 78.6 Å². The minimum Gasteiger partial charge on any atom is -0.466 e. The van der Waals surface area contributed by atoms with E-state index in [4.69, 9.17) is 4.74 Å². The van der Waals surface area contributed by atoms with Crippen molar-refractivity contribution in [3.8, 4) is 0 Å². The van der Waals surface area contributed by atoms with Crippen LogP contribution in [0.4, 0.5) is 0 Å². The van der Waals surface area contributed by atoms with Crippen LogP contribution in [0.25, 0.3) is 0 Å². The van der Waals surface area contributed by atoms with Gasteiger partial charge in [-0.1, -0.05) is 26.0 Å². The molecule has 0 radical (unpaired) electrons. The lowest BCUT2D eigenvalue weighted by atomic mass is 9.48. The number of fused-ring (bicyclic) bond motifs is 5.